The number of anilines is 1. The lowest BCUT2D eigenvalue weighted by molar-refractivity contribution is 1.11. The molecule has 0 fully saturated rings. The number of para-hydroxylation sites is 1. The molecule has 2 N–H and O–H groups in total. The van der Waals surface area contributed by atoms with E-state index in [-0.39, 0.29) is 0 Å². The van der Waals surface area contributed by atoms with Gasteiger partial charge in [0.15, 0.2) is 5.11 Å². The predicted molar refractivity (Wildman–Crippen MR) is 71.9 cm³/mol. The molecule has 0 amide bonds. The molecule has 0 bridgehead atoms. The number of rotatable bonds is 2. The van der Waals surface area contributed by atoms with Crippen LogP contribution in [0, 0.1) is 6.42 Å². The van der Waals surface area contributed by atoms with Crippen molar-refractivity contribution in [2.45, 2.75) is 6.42 Å². The van der Waals surface area contributed by atoms with E-state index >= 15 is 0 Å². The maximum atomic E-state index is 5.21. The summed E-state index contributed by atoms with van der Waals surface area (Å²) < 4.78 is 0. The lowest BCUT2D eigenvalue weighted by atomic mass is 10.1. The van der Waals surface area contributed by atoms with Crippen molar-refractivity contribution in [3.8, 4) is 0 Å². The first-order valence-electron chi connectivity index (χ1n) is 5.18. The summed E-state index contributed by atoms with van der Waals surface area (Å²) in [6.45, 7) is 0. The highest BCUT2D eigenvalue weighted by molar-refractivity contribution is 7.80. The van der Waals surface area contributed by atoms with Gasteiger partial charge in [0.1, 0.15) is 0 Å². The molecule has 2 rings (SSSR count). The van der Waals surface area contributed by atoms with Crippen LogP contribution in [0.25, 0.3) is 0 Å². The predicted octanol–water partition coefficient (Wildman–Crippen LogP) is 3.02. The van der Waals surface area contributed by atoms with E-state index in [1.165, 1.54) is 0 Å². The zero-order valence-corrected chi connectivity index (χ0v) is 9.63. The van der Waals surface area contributed by atoms with Crippen molar-refractivity contribution >= 4 is 23.0 Å². The number of allylic oxidation sites excluding steroid dienone is 3. The molecule has 0 saturated carbocycles. The molecule has 1 aliphatic carbocycles. The zero-order chi connectivity index (χ0) is 11.2. The third-order valence-electron chi connectivity index (χ3n) is 2.18. The fourth-order valence-corrected chi connectivity index (χ4v) is 1.66. The quantitative estimate of drug-likeness (QED) is 0.762. The van der Waals surface area contributed by atoms with Gasteiger partial charge in [0.2, 0.25) is 0 Å². The van der Waals surface area contributed by atoms with Gasteiger partial charge in [0.25, 0.3) is 0 Å². The van der Waals surface area contributed by atoms with Crippen LogP contribution >= 0.6 is 12.2 Å². The summed E-state index contributed by atoms with van der Waals surface area (Å²) >= 11 is 5.21. The van der Waals surface area contributed by atoms with Gasteiger partial charge >= 0.3 is 0 Å². The average molecular weight is 229 g/mol. The first kappa shape index (κ1) is 10.9. The average Bonchev–Trinajstić information content (AvgIpc) is 2.31. The molecular formula is C13H13N2S. The Labute approximate surface area is 101 Å². The van der Waals surface area contributed by atoms with E-state index in [0.717, 1.165) is 17.8 Å². The van der Waals surface area contributed by atoms with E-state index in [4.69, 9.17) is 12.2 Å². The topological polar surface area (TPSA) is 24.1 Å². The van der Waals surface area contributed by atoms with Gasteiger partial charge in [-0.1, -0.05) is 30.4 Å². The number of benzene rings is 1. The molecule has 1 aromatic rings. The maximum absolute atomic E-state index is 5.21. The first-order chi connectivity index (χ1) is 7.84. The summed E-state index contributed by atoms with van der Waals surface area (Å²) in [6.07, 6.45) is 9.17. The Hall–Kier alpha value is -1.61. The SMILES string of the molecule is S=C(NC1=CC[CH]C=C1)Nc1ccccc1. The smallest absolute Gasteiger partial charge is 0.175 e. The summed E-state index contributed by atoms with van der Waals surface area (Å²) in [5.41, 5.74) is 2.03. The van der Waals surface area contributed by atoms with Gasteiger partial charge in [0.05, 0.1) is 0 Å². The maximum Gasteiger partial charge on any atom is 0.175 e. The summed E-state index contributed by atoms with van der Waals surface area (Å²) in [6, 6.07) is 9.88. The summed E-state index contributed by atoms with van der Waals surface area (Å²) in [7, 11) is 0. The molecule has 0 atom stereocenters. The van der Waals surface area contributed by atoms with Crippen molar-refractivity contribution in [1.29, 1.82) is 0 Å². The first-order valence-corrected chi connectivity index (χ1v) is 5.58. The summed E-state index contributed by atoms with van der Waals surface area (Å²) in [4.78, 5) is 0. The molecule has 1 aromatic carbocycles. The Morgan fingerprint density at radius 2 is 1.94 bits per heavy atom. The van der Waals surface area contributed by atoms with Crippen molar-refractivity contribution in [2.24, 2.45) is 0 Å². The fraction of sp³-hybridized carbons (Fsp3) is 0.0769. The standard InChI is InChI=1S/C13H13N2S/c16-13(14-11-7-3-1-4-8-11)15-12-9-5-2-6-10-12/h1-5,7-10H,6H2,(H2,14,15,16). The largest absolute Gasteiger partial charge is 0.333 e. The molecule has 1 aliphatic rings. The molecular weight excluding hydrogens is 216 g/mol. The van der Waals surface area contributed by atoms with Gasteiger partial charge in [-0.3, -0.25) is 0 Å². The van der Waals surface area contributed by atoms with Crippen LogP contribution < -0.4 is 10.6 Å². The van der Waals surface area contributed by atoms with Gasteiger partial charge in [-0.2, -0.15) is 0 Å². The Morgan fingerprint density at radius 1 is 1.12 bits per heavy atom. The molecule has 3 heteroatoms. The molecule has 81 valence electrons. The highest BCUT2D eigenvalue weighted by Crippen LogP contribution is 2.08. The zero-order valence-electron chi connectivity index (χ0n) is 8.81. The van der Waals surface area contributed by atoms with Crippen LogP contribution in [-0.4, -0.2) is 5.11 Å². The van der Waals surface area contributed by atoms with Crippen molar-refractivity contribution < 1.29 is 0 Å². The van der Waals surface area contributed by atoms with E-state index in [2.05, 4.69) is 23.1 Å². The third-order valence-corrected chi connectivity index (χ3v) is 2.38. The van der Waals surface area contributed by atoms with Crippen molar-refractivity contribution in [1.82, 2.24) is 5.32 Å². The van der Waals surface area contributed by atoms with Crippen LogP contribution in [0.5, 0.6) is 0 Å². The van der Waals surface area contributed by atoms with Crippen LogP contribution in [0.3, 0.4) is 0 Å². The molecule has 0 saturated heterocycles. The molecule has 16 heavy (non-hydrogen) atoms. The summed E-state index contributed by atoms with van der Waals surface area (Å²) in [5.74, 6) is 0. The lowest BCUT2D eigenvalue weighted by Crippen LogP contribution is -2.27. The van der Waals surface area contributed by atoms with Crippen molar-refractivity contribution in [2.75, 3.05) is 5.32 Å². The highest BCUT2D eigenvalue weighted by atomic mass is 32.1. The van der Waals surface area contributed by atoms with Crippen LogP contribution in [0.4, 0.5) is 5.69 Å². The molecule has 1 radical (unpaired) electrons. The van der Waals surface area contributed by atoms with E-state index < -0.39 is 0 Å². The molecule has 0 heterocycles. The van der Waals surface area contributed by atoms with Crippen LogP contribution in [-0.2, 0) is 0 Å². The number of nitrogens with one attached hydrogen (secondary N) is 2. The van der Waals surface area contributed by atoms with Crippen LogP contribution in [0.15, 0.2) is 54.3 Å². The summed E-state index contributed by atoms with van der Waals surface area (Å²) in [5, 5.41) is 6.88. The molecule has 0 aliphatic heterocycles. The number of hydrogen-bond acceptors (Lipinski definition) is 1. The van der Waals surface area contributed by atoms with E-state index in [1.54, 1.807) is 0 Å². The Morgan fingerprint density at radius 3 is 2.62 bits per heavy atom. The second-order valence-corrected chi connectivity index (χ2v) is 3.84. The second-order valence-electron chi connectivity index (χ2n) is 3.44. The van der Waals surface area contributed by atoms with Gasteiger partial charge in [-0.25, -0.2) is 0 Å². The Kier molecular flexibility index (Phi) is 3.72. The normalized spacial score (nSPS) is 14.1. The monoisotopic (exact) mass is 229 g/mol. The molecule has 0 spiro atoms. The van der Waals surface area contributed by atoms with Crippen LogP contribution in [0.2, 0.25) is 0 Å². The van der Waals surface area contributed by atoms with Crippen molar-refractivity contribution in [3.63, 3.8) is 0 Å². The van der Waals surface area contributed by atoms with Gasteiger partial charge in [-0.15, -0.1) is 0 Å². The number of thiocarbonyl (C=S) groups is 1. The minimum Gasteiger partial charge on any atom is -0.333 e. The van der Waals surface area contributed by atoms with Gasteiger partial charge < -0.3 is 10.6 Å². The fourth-order valence-electron chi connectivity index (χ4n) is 1.42. The molecule has 2 nitrogen and oxygen atoms in total. The highest BCUT2D eigenvalue weighted by Gasteiger charge is 2.00. The Bertz CT molecular complexity index is 421. The molecule has 0 unspecified atom stereocenters. The van der Waals surface area contributed by atoms with E-state index in [0.29, 0.717) is 5.11 Å². The van der Waals surface area contributed by atoms with E-state index in [1.807, 2.05) is 42.5 Å². The number of hydrogen-bond donors (Lipinski definition) is 2. The minimum absolute atomic E-state index is 0.615. The van der Waals surface area contributed by atoms with E-state index in [9.17, 15) is 0 Å². The molecule has 0 aromatic heterocycles. The second kappa shape index (κ2) is 5.47. The minimum atomic E-state index is 0.615. The Balaban J connectivity index is 1.89. The van der Waals surface area contributed by atoms with Crippen molar-refractivity contribution in [3.05, 3.63) is 60.7 Å². The lowest BCUT2D eigenvalue weighted by Gasteiger charge is -2.12. The van der Waals surface area contributed by atoms with Gasteiger partial charge in [0, 0.05) is 11.4 Å². The third kappa shape index (κ3) is 3.21. The van der Waals surface area contributed by atoms with Gasteiger partial charge in [-0.05, 0) is 43.3 Å². The van der Waals surface area contributed by atoms with Crippen LogP contribution in [0.1, 0.15) is 6.42 Å².